The van der Waals surface area contributed by atoms with Crippen molar-refractivity contribution in [2.75, 3.05) is 6.54 Å². The first-order valence-electron chi connectivity index (χ1n) is 5.96. The molecule has 0 spiro atoms. The van der Waals surface area contributed by atoms with E-state index in [-0.39, 0.29) is 6.04 Å². The van der Waals surface area contributed by atoms with Crippen LogP contribution < -0.4 is 5.32 Å². The third kappa shape index (κ3) is 3.63. The summed E-state index contributed by atoms with van der Waals surface area (Å²) in [6, 6.07) is 2.01. The summed E-state index contributed by atoms with van der Waals surface area (Å²) < 4.78 is 1.73. The lowest BCUT2D eigenvalue weighted by atomic mass is 10.3. The summed E-state index contributed by atoms with van der Waals surface area (Å²) in [7, 11) is 0. The maximum atomic E-state index is 9.88. The molecule has 98 valence electrons. The highest BCUT2D eigenvalue weighted by atomic mass is 32.1. The monoisotopic (exact) mass is 266 g/mol. The number of nitrogens with one attached hydrogen (secondary N) is 1. The molecule has 0 saturated heterocycles. The van der Waals surface area contributed by atoms with Gasteiger partial charge in [-0.05, 0) is 19.9 Å². The van der Waals surface area contributed by atoms with Gasteiger partial charge in [-0.2, -0.15) is 5.10 Å². The Morgan fingerprint density at radius 1 is 1.56 bits per heavy atom. The summed E-state index contributed by atoms with van der Waals surface area (Å²) in [6.45, 7) is 5.07. The highest BCUT2D eigenvalue weighted by molar-refractivity contribution is 7.09. The van der Waals surface area contributed by atoms with Crippen molar-refractivity contribution >= 4 is 11.3 Å². The lowest BCUT2D eigenvalue weighted by Gasteiger charge is -2.15. The average Bonchev–Trinajstić information content (AvgIpc) is 2.97. The van der Waals surface area contributed by atoms with E-state index in [2.05, 4.69) is 22.3 Å². The molecule has 2 rings (SSSR count). The van der Waals surface area contributed by atoms with E-state index in [0.29, 0.717) is 13.1 Å². The first-order chi connectivity index (χ1) is 8.65. The molecule has 2 heterocycles. The van der Waals surface area contributed by atoms with Gasteiger partial charge in [0, 0.05) is 30.0 Å². The molecule has 5 nitrogen and oxygen atoms in total. The Morgan fingerprint density at radius 2 is 2.39 bits per heavy atom. The van der Waals surface area contributed by atoms with Gasteiger partial charge in [-0.15, -0.1) is 11.3 Å². The largest absolute Gasteiger partial charge is 0.390 e. The predicted molar refractivity (Wildman–Crippen MR) is 71.5 cm³/mol. The minimum absolute atomic E-state index is 0.163. The van der Waals surface area contributed by atoms with E-state index in [4.69, 9.17) is 0 Å². The fourth-order valence-electron chi connectivity index (χ4n) is 1.66. The second-order valence-electron chi connectivity index (χ2n) is 4.34. The molecule has 18 heavy (non-hydrogen) atoms. The molecule has 2 unspecified atom stereocenters. The number of thiazole rings is 1. The number of rotatable bonds is 6. The molecule has 6 heteroatoms. The smallest absolute Gasteiger partial charge is 0.110 e. The quantitative estimate of drug-likeness (QED) is 0.828. The summed E-state index contributed by atoms with van der Waals surface area (Å²) in [5, 5.41) is 20.3. The maximum absolute atomic E-state index is 9.88. The minimum atomic E-state index is -0.451. The van der Waals surface area contributed by atoms with Crippen molar-refractivity contribution in [1.29, 1.82) is 0 Å². The van der Waals surface area contributed by atoms with Crippen LogP contribution in [0.1, 0.15) is 23.7 Å². The molecule has 2 N–H and O–H groups in total. The first kappa shape index (κ1) is 13.2. The van der Waals surface area contributed by atoms with E-state index in [1.54, 1.807) is 22.2 Å². The molecular formula is C12H18N4OS. The highest BCUT2D eigenvalue weighted by Gasteiger charge is 2.11. The van der Waals surface area contributed by atoms with Crippen molar-refractivity contribution in [2.45, 2.75) is 32.5 Å². The number of aryl methyl sites for hydroxylation is 1. The topological polar surface area (TPSA) is 63.0 Å². The second kappa shape index (κ2) is 6.08. The van der Waals surface area contributed by atoms with Crippen molar-refractivity contribution in [1.82, 2.24) is 20.1 Å². The first-order valence-corrected chi connectivity index (χ1v) is 6.84. The molecule has 2 aromatic heterocycles. The number of hydrogen-bond donors (Lipinski definition) is 2. The van der Waals surface area contributed by atoms with Crippen LogP contribution in [0.3, 0.4) is 0 Å². The van der Waals surface area contributed by atoms with Gasteiger partial charge < -0.3 is 10.4 Å². The Bertz CT molecular complexity index is 468. The van der Waals surface area contributed by atoms with E-state index in [9.17, 15) is 5.11 Å². The van der Waals surface area contributed by atoms with Crippen molar-refractivity contribution in [3.05, 3.63) is 34.5 Å². The Labute approximate surface area is 110 Å². The number of aliphatic hydroxyl groups is 1. The van der Waals surface area contributed by atoms with Crippen LogP contribution in [0.4, 0.5) is 0 Å². The standard InChI is InChI=1S/C12H18N4OS/c1-9-8-18-12(15-9)10(2)13-6-11(17)7-16-5-3-4-14-16/h3-5,8,10-11,13,17H,6-7H2,1-2H3. The zero-order valence-corrected chi connectivity index (χ0v) is 11.4. The number of hydrogen-bond acceptors (Lipinski definition) is 5. The van der Waals surface area contributed by atoms with Gasteiger partial charge in [0.05, 0.1) is 18.7 Å². The third-order valence-corrected chi connectivity index (χ3v) is 3.77. The number of aliphatic hydroxyl groups excluding tert-OH is 1. The summed E-state index contributed by atoms with van der Waals surface area (Å²) in [5.74, 6) is 0. The zero-order chi connectivity index (χ0) is 13.0. The molecule has 0 aliphatic rings. The molecule has 0 aliphatic heterocycles. The van der Waals surface area contributed by atoms with Gasteiger partial charge in [-0.3, -0.25) is 4.68 Å². The van der Waals surface area contributed by atoms with Gasteiger partial charge in [0.1, 0.15) is 5.01 Å². The van der Waals surface area contributed by atoms with Gasteiger partial charge in [0.2, 0.25) is 0 Å². The van der Waals surface area contributed by atoms with Crippen LogP contribution in [0.15, 0.2) is 23.8 Å². The van der Waals surface area contributed by atoms with Crippen LogP contribution in [-0.2, 0) is 6.54 Å². The summed E-state index contributed by atoms with van der Waals surface area (Å²) >= 11 is 1.64. The van der Waals surface area contributed by atoms with Gasteiger partial charge >= 0.3 is 0 Å². The van der Waals surface area contributed by atoms with Gasteiger partial charge in [-0.1, -0.05) is 0 Å². The molecule has 0 aliphatic carbocycles. The Balaban J connectivity index is 1.77. The SMILES string of the molecule is Cc1csc(C(C)NCC(O)Cn2cccn2)n1. The van der Waals surface area contributed by atoms with E-state index >= 15 is 0 Å². The fourth-order valence-corrected chi connectivity index (χ4v) is 2.49. The number of aromatic nitrogens is 3. The van der Waals surface area contributed by atoms with Crippen LogP contribution in [0.25, 0.3) is 0 Å². The summed E-state index contributed by atoms with van der Waals surface area (Å²) in [4.78, 5) is 4.42. The van der Waals surface area contributed by atoms with Crippen LogP contribution in [-0.4, -0.2) is 32.5 Å². The second-order valence-corrected chi connectivity index (χ2v) is 5.23. The van der Waals surface area contributed by atoms with Crippen LogP contribution in [0.5, 0.6) is 0 Å². The molecule has 0 bridgehead atoms. The van der Waals surface area contributed by atoms with Gasteiger partial charge in [0.25, 0.3) is 0 Å². The molecule has 0 amide bonds. The number of nitrogens with zero attached hydrogens (tertiary/aromatic N) is 3. The fraction of sp³-hybridized carbons (Fsp3) is 0.500. The summed E-state index contributed by atoms with van der Waals surface area (Å²) in [5.41, 5.74) is 1.04. The van der Waals surface area contributed by atoms with Crippen LogP contribution >= 0.6 is 11.3 Å². The van der Waals surface area contributed by atoms with E-state index in [0.717, 1.165) is 10.7 Å². The Kier molecular flexibility index (Phi) is 4.46. The summed E-state index contributed by atoms with van der Waals surface area (Å²) in [6.07, 6.45) is 3.10. The molecular weight excluding hydrogens is 248 g/mol. The Hall–Kier alpha value is -1.24. The molecule has 0 aromatic carbocycles. The van der Waals surface area contributed by atoms with Crippen molar-refractivity contribution in [2.24, 2.45) is 0 Å². The molecule has 0 radical (unpaired) electrons. The maximum Gasteiger partial charge on any atom is 0.110 e. The van der Waals surface area contributed by atoms with Crippen LogP contribution in [0, 0.1) is 6.92 Å². The molecule has 2 aromatic rings. The molecule has 0 saturated carbocycles. The molecule has 2 atom stereocenters. The third-order valence-electron chi connectivity index (χ3n) is 2.62. The van der Waals surface area contributed by atoms with Crippen molar-refractivity contribution < 1.29 is 5.11 Å². The van der Waals surface area contributed by atoms with Crippen molar-refractivity contribution in [3.63, 3.8) is 0 Å². The van der Waals surface area contributed by atoms with E-state index in [1.807, 2.05) is 24.6 Å². The predicted octanol–water partition coefficient (Wildman–Crippen LogP) is 1.36. The van der Waals surface area contributed by atoms with Gasteiger partial charge in [-0.25, -0.2) is 4.98 Å². The Morgan fingerprint density at radius 3 is 3.00 bits per heavy atom. The highest BCUT2D eigenvalue weighted by Crippen LogP contribution is 2.17. The van der Waals surface area contributed by atoms with Crippen molar-refractivity contribution in [3.8, 4) is 0 Å². The van der Waals surface area contributed by atoms with E-state index < -0.39 is 6.10 Å². The lowest BCUT2D eigenvalue weighted by molar-refractivity contribution is 0.143. The van der Waals surface area contributed by atoms with Crippen LogP contribution in [0.2, 0.25) is 0 Å². The normalized spacial score (nSPS) is 14.6. The molecule has 0 fully saturated rings. The zero-order valence-electron chi connectivity index (χ0n) is 10.6. The average molecular weight is 266 g/mol. The van der Waals surface area contributed by atoms with Gasteiger partial charge in [0.15, 0.2) is 0 Å². The lowest BCUT2D eigenvalue weighted by Crippen LogP contribution is -2.32. The minimum Gasteiger partial charge on any atom is -0.390 e. The van der Waals surface area contributed by atoms with E-state index in [1.165, 1.54) is 0 Å².